The van der Waals surface area contributed by atoms with Gasteiger partial charge < -0.3 is 5.32 Å². The maximum Gasteiger partial charge on any atom is 0.160 e. The minimum absolute atomic E-state index is 0.0302. The molecule has 0 saturated heterocycles. The van der Waals surface area contributed by atoms with Gasteiger partial charge in [-0.1, -0.05) is 30.1 Å². The minimum atomic E-state index is -0.578. The Labute approximate surface area is 126 Å². The third-order valence-corrected chi connectivity index (χ3v) is 4.79. The van der Waals surface area contributed by atoms with Crippen LogP contribution in [0, 0.1) is 5.82 Å². The molecule has 102 valence electrons. The Morgan fingerprint density at radius 1 is 1.26 bits per heavy atom. The molecule has 0 aliphatic heterocycles. The zero-order valence-electron chi connectivity index (χ0n) is 10.6. The first-order chi connectivity index (χ1) is 9.01. The predicted molar refractivity (Wildman–Crippen MR) is 82.2 cm³/mol. The molecule has 0 saturated carbocycles. The number of halogens is 3. The lowest BCUT2D eigenvalue weighted by Crippen LogP contribution is -2.05. The van der Waals surface area contributed by atoms with E-state index in [4.69, 9.17) is 23.2 Å². The van der Waals surface area contributed by atoms with Crippen molar-refractivity contribution in [3.05, 3.63) is 49.9 Å². The van der Waals surface area contributed by atoms with Crippen LogP contribution in [0.3, 0.4) is 0 Å². The fourth-order valence-corrected chi connectivity index (χ4v) is 3.22. The molecule has 2 aromatic rings. The summed E-state index contributed by atoms with van der Waals surface area (Å²) in [5.41, 5.74) is 0.718. The number of hydrogen-bond acceptors (Lipinski definition) is 2. The standard InChI is InChI=1S/C14H14Cl2FNS/c1-3-10-4-5-13(19-10)8(2)18-9-6-11(15)14(17)12(16)7-9/h4-8,18H,3H2,1-2H3. The average molecular weight is 318 g/mol. The summed E-state index contributed by atoms with van der Waals surface area (Å²) in [5.74, 6) is -0.578. The highest BCUT2D eigenvalue weighted by Crippen LogP contribution is 2.31. The third-order valence-electron chi connectivity index (χ3n) is 2.82. The third kappa shape index (κ3) is 3.41. The molecule has 1 heterocycles. The Morgan fingerprint density at radius 2 is 1.89 bits per heavy atom. The summed E-state index contributed by atoms with van der Waals surface area (Å²) >= 11 is 13.3. The van der Waals surface area contributed by atoms with Crippen LogP contribution in [0.2, 0.25) is 10.0 Å². The topological polar surface area (TPSA) is 12.0 Å². The summed E-state index contributed by atoms with van der Waals surface area (Å²) in [6.45, 7) is 4.18. The van der Waals surface area contributed by atoms with E-state index in [0.29, 0.717) is 0 Å². The van der Waals surface area contributed by atoms with Gasteiger partial charge in [-0.25, -0.2) is 4.39 Å². The lowest BCUT2D eigenvalue weighted by atomic mass is 10.2. The van der Waals surface area contributed by atoms with Gasteiger partial charge in [0.15, 0.2) is 5.82 Å². The zero-order chi connectivity index (χ0) is 14.0. The van der Waals surface area contributed by atoms with Gasteiger partial charge in [-0.05, 0) is 37.6 Å². The van der Waals surface area contributed by atoms with Crippen molar-refractivity contribution in [2.24, 2.45) is 0 Å². The lowest BCUT2D eigenvalue weighted by molar-refractivity contribution is 0.628. The molecular weight excluding hydrogens is 304 g/mol. The molecule has 2 rings (SSSR count). The van der Waals surface area contributed by atoms with Crippen LogP contribution in [-0.4, -0.2) is 0 Å². The van der Waals surface area contributed by atoms with Crippen LogP contribution in [0.1, 0.15) is 29.6 Å². The first-order valence-corrected chi connectivity index (χ1v) is 7.58. The Hall–Kier alpha value is -0.770. The van der Waals surface area contributed by atoms with Gasteiger partial charge in [-0.15, -0.1) is 11.3 Å². The highest BCUT2D eigenvalue weighted by atomic mass is 35.5. The number of benzene rings is 1. The molecule has 1 N–H and O–H groups in total. The summed E-state index contributed by atoms with van der Waals surface area (Å²) in [4.78, 5) is 2.58. The van der Waals surface area contributed by atoms with Crippen molar-refractivity contribution in [2.45, 2.75) is 26.3 Å². The fraction of sp³-hybridized carbons (Fsp3) is 0.286. The largest absolute Gasteiger partial charge is 0.378 e. The Balaban J connectivity index is 2.16. The lowest BCUT2D eigenvalue weighted by Gasteiger charge is -2.14. The quantitative estimate of drug-likeness (QED) is 0.689. The van der Waals surface area contributed by atoms with Crippen molar-refractivity contribution < 1.29 is 4.39 Å². The molecule has 1 atom stereocenters. The molecule has 1 aromatic carbocycles. The van der Waals surface area contributed by atoms with Crippen LogP contribution in [0.4, 0.5) is 10.1 Å². The summed E-state index contributed by atoms with van der Waals surface area (Å²) in [6.07, 6.45) is 1.03. The number of anilines is 1. The van der Waals surface area contributed by atoms with Gasteiger partial charge in [-0.2, -0.15) is 0 Å². The Bertz CT molecular complexity index is 560. The molecule has 0 spiro atoms. The summed E-state index contributed by atoms with van der Waals surface area (Å²) in [5, 5.41) is 3.34. The summed E-state index contributed by atoms with van der Waals surface area (Å²) < 4.78 is 13.3. The second-order valence-electron chi connectivity index (χ2n) is 4.28. The van der Waals surface area contributed by atoms with E-state index < -0.39 is 5.82 Å². The van der Waals surface area contributed by atoms with Crippen LogP contribution < -0.4 is 5.32 Å². The molecule has 5 heteroatoms. The number of aryl methyl sites for hydroxylation is 1. The van der Waals surface area contributed by atoms with Gasteiger partial charge in [0.2, 0.25) is 0 Å². The SMILES string of the molecule is CCc1ccc(C(C)Nc2cc(Cl)c(F)c(Cl)c2)s1. The molecule has 0 bridgehead atoms. The van der Waals surface area contributed by atoms with Gasteiger partial charge in [-0.3, -0.25) is 0 Å². The van der Waals surface area contributed by atoms with Crippen LogP contribution in [-0.2, 0) is 6.42 Å². The maximum atomic E-state index is 13.3. The molecule has 0 aliphatic carbocycles. The van der Waals surface area contributed by atoms with E-state index in [1.165, 1.54) is 9.75 Å². The van der Waals surface area contributed by atoms with Gasteiger partial charge in [0.1, 0.15) is 0 Å². The first-order valence-electron chi connectivity index (χ1n) is 6.01. The van der Waals surface area contributed by atoms with Crippen molar-refractivity contribution in [1.29, 1.82) is 0 Å². The molecule has 1 unspecified atom stereocenters. The second-order valence-corrected chi connectivity index (χ2v) is 6.29. The number of nitrogens with one attached hydrogen (secondary N) is 1. The minimum Gasteiger partial charge on any atom is -0.378 e. The van der Waals surface area contributed by atoms with E-state index in [2.05, 4.69) is 31.3 Å². The average Bonchev–Trinajstić information content (AvgIpc) is 2.84. The molecule has 1 nitrogen and oxygen atoms in total. The number of hydrogen-bond donors (Lipinski definition) is 1. The molecule has 0 fully saturated rings. The van der Waals surface area contributed by atoms with Gasteiger partial charge >= 0.3 is 0 Å². The molecule has 0 radical (unpaired) electrons. The van der Waals surface area contributed by atoms with Gasteiger partial charge in [0, 0.05) is 15.4 Å². The molecule has 19 heavy (non-hydrogen) atoms. The molecular formula is C14H14Cl2FNS. The molecule has 0 aliphatic rings. The second kappa shape index (κ2) is 6.12. The van der Waals surface area contributed by atoms with Gasteiger partial charge in [0.05, 0.1) is 16.1 Å². The summed E-state index contributed by atoms with van der Waals surface area (Å²) in [7, 11) is 0. The van der Waals surface area contributed by atoms with E-state index in [-0.39, 0.29) is 16.1 Å². The van der Waals surface area contributed by atoms with Crippen molar-refractivity contribution in [3.8, 4) is 0 Å². The number of thiophene rings is 1. The van der Waals surface area contributed by atoms with Crippen molar-refractivity contribution in [2.75, 3.05) is 5.32 Å². The summed E-state index contributed by atoms with van der Waals surface area (Å²) in [6, 6.07) is 7.46. The maximum absolute atomic E-state index is 13.3. The highest BCUT2D eigenvalue weighted by Gasteiger charge is 2.11. The normalized spacial score (nSPS) is 12.5. The fourth-order valence-electron chi connectivity index (χ4n) is 1.78. The van der Waals surface area contributed by atoms with Crippen molar-refractivity contribution in [3.63, 3.8) is 0 Å². The smallest absolute Gasteiger partial charge is 0.160 e. The Kier molecular flexibility index (Phi) is 4.71. The van der Waals surface area contributed by atoms with Crippen molar-refractivity contribution in [1.82, 2.24) is 0 Å². The van der Waals surface area contributed by atoms with E-state index in [0.717, 1.165) is 12.1 Å². The van der Waals surface area contributed by atoms with E-state index in [9.17, 15) is 4.39 Å². The van der Waals surface area contributed by atoms with Crippen LogP contribution in [0.5, 0.6) is 0 Å². The zero-order valence-corrected chi connectivity index (χ0v) is 13.0. The Morgan fingerprint density at radius 3 is 2.42 bits per heavy atom. The predicted octanol–water partition coefficient (Wildman–Crippen LogP) is 5.93. The van der Waals surface area contributed by atoms with Crippen LogP contribution >= 0.6 is 34.5 Å². The van der Waals surface area contributed by atoms with E-state index in [1.54, 1.807) is 23.5 Å². The van der Waals surface area contributed by atoms with E-state index >= 15 is 0 Å². The first kappa shape index (κ1) is 14.6. The highest BCUT2D eigenvalue weighted by molar-refractivity contribution is 7.12. The van der Waals surface area contributed by atoms with Crippen LogP contribution in [0.25, 0.3) is 0 Å². The van der Waals surface area contributed by atoms with Crippen LogP contribution in [0.15, 0.2) is 24.3 Å². The van der Waals surface area contributed by atoms with Crippen molar-refractivity contribution >= 4 is 40.2 Å². The number of rotatable bonds is 4. The molecule has 0 amide bonds. The monoisotopic (exact) mass is 317 g/mol. The molecule has 1 aromatic heterocycles. The van der Waals surface area contributed by atoms with E-state index in [1.807, 2.05) is 0 Å². The van der Waals surface area contributed by atoms with Gasteiger partial charge in [0.25, 0.3) is 0 Å².